The number of aromatic nitrogens is 2. The van der Waals surface area contributed by atoms with Gasteiger partial charge in [-0.05, 0) is 84.5 Å². The Kier molecular flexibility index (Phi) is 8.67. The fourth-order valence-corrected chi connectivity index (χ4v) is 8.84. The number of hydrogen-bond acceptors (Lipinski definition) is 7. The molecular formula is C39H41N3O5S2. The lowest BCUT2D eigenvalue weighted by Crippen LogP contribution is -2.36. The Labute approximate surface area is 292 Å². The van der Waals surface area contributed by atoms with Crippen LogP contribution in [0.3, 0.4) is 0 Å². The van der Waals surface area contributed by atoms with Gasteiger partial charge in [0.2, 0.25) is 11.4 Å². The summed E-state index contributed by atoms with van der Waals surface area (Å²) in [7, 11) is -2.64. The van der Waals surface area contributed by atoms with Gasteiger partial charge in [-0.3, -0.25) is 0 Å². The lowest BCUT2D eigenvalue weighted by atomic mass is 9.75. The molecule has 0 saturated carbocycles. The number of nitrogens with zero attached hydrogens (tertiary/aromatic N) is 3. The summed E-state index contributed by atoms with van der Waals surface area (Å²) in [6, 6.07) is 21.0. The van der Waals surface area contributed by atoms with Gasteiger partial charge in [-0.15, -0.1) is 0 Å². The van der Waals surface area contributed by atoms with Crippen molar-refractivity contribution in [2.75, 3.05) is 24.3 Å². The van der Waals surface area contributed by atoms with Gasteiger partial charge in [-0.25, -0.2) is 8.42 Å². The zero-order valence-corrected chi connectivity index (χ0v) is 30.2. The fourth-order valence-electron chi connectivity index (χ4n) is 7.18. The van der Waals surface area contributed by atoms with E-state index < -0.39 is 15.9 Å². The molecule has 8 nitrogen and oxygen atoms in total. The summed E-state index contributed by atoms with van der Waals surface area (Å²) in [4.78, 5) is 2.23. The number of aryl methyl sites for hydroxylation is 2. The monoisotopic (exact) mass is 695 g/mol. The van der Waals surface area contributed by atoms with E-state index in [1.807, 2.05) is 13.0 Å². The van der Waals surface area contributed by atoms with Crippen molar-refractivity contribution in [2.45, 2.75) is 53.5 Å². The molecule has 0 saturated heterocycles. The molecule has 0 N–H and O–H groups in total. The predicted octanol–water partition coefficient (Wildman–Crippen LogP) is 8.28. The molecule has 49 heavy (non-hydrogen) atoms. The van der Waals surface area contributed by atoms with E-state index in [9.17, 15) is 13.0 Å². The molecule has 0 spiro atoms. The summed E-state index contributed by atoms with van der Waals surface area (Å²) in [6.07, 6.45) is 10.8. The molecule has 2 aromatic heterocycles. The standard InChI is InChI=1S/C39H41N3O5S2/c1-6-40-32-22-30(41-16-14-29-10-7-8-11-31(29)41)12-13-34(32)47-37(40)20-27-19-28(25-39(3,4)24-27)21-38-42(15-9-17-49(43,44)45)33-18-26(2)35(46-5)23-36(33)48-38/h7-8,10-14,16,18-23H,6,9,15,17,24-25H2,1-5H3. The molecule has 3 aromatic carbocycles. The maximum atomic E-state index is 11.4. The van der Waals surface area contributed by atoms with E-state index in [1.54, 1.807) is 18.4 Å². The van der Waals surface area contributed by atoms with Gasteiger partial charge in [0.1, 0.15) is 10.4 Å². The zero-order chi connectivity index (χ0) is 34.5. The first-order valence-corrected chi connectivity index (χ1v) is 19.0. The molecule has 0 unspecified atom stereocenters. The smallest absolute Gasteiger partial charge is 0.263 e. The second kappa shape index (κ2) is 12.8. The number of thiazole rings is 1. The number of rotatable bonds is 9. The number of para-hydroxylation sites is 1. The molecule has 10 heteroatoms. The average molecular weight is 696 g/mol. The van der Waals surface area contributed by atoms with Gasteiger partial charge in [0.15, 0.2) is 12.3 Å². The highest BCUT2D eigenvalue weighted by atomic mass is 32.2. The summed E-state index contributed by atoms with van der Waals surface area (Å²) in [6.45, 7) is 9.90. The van der Waals surface area contributed by atoms with E-state index in [1.165, 1.54) is 22.0 Å². The number of methoxy groups -OCH3 is 1. The van der Waals surface area contributed by atoms with Crippen LogP contribution in [-0.4, -0.2) is 36.9 Å². The van der Waals surface area contributed by atoms with Crippen molar-refractivity contribution in [3.63, 3.8) is 0 Å². The minimum absolute atomic E-state index is 0.0100. The molecule has 0 radical (unpaired) electrons. The Morgan fingerprint density at radius 2 is 1.90 bits per heavy atom. The van der Waals surface area contributed by atoms with Crippen molar-refractivity contribution in [1.82, 2.24) is 4.57 Å². The van der Waals surface area contributed by atoms with Crippen LogP contribution in [-0.2, 0) is 16.7 Å². The molecule has 7 rings (SSSR count). The molecule has 5 aromatic rings. The van der Waals surface area contributed by atoms with Crippen LogP contribution in [0.25, 0.3) is 32.9 Å². The molecule has 3 heterocycles. The third-order valence-corrected chi connectivity index (χ3v) is 11.2. The largest absolute Gasteiger partial charge is 0.748 e. The Balaban J connectivity index is 1.24. The van der Waals surface area contributed by atoms with E-state index in [0.717, 1.165) is 68.9 Å². The van der Waals surface area contributed by atoms with Crippen LogP contribution in [0.1, 0.15) is 50.6 Å². The van der Waals surface area contributed by atoms with Crippen LogP contribution in [0.5, 0.6) is 11.5 Å². The quantitative estimate of drug-likeness (QED) is 0.114. The number of hydrogen-bond donors (Lipinski definition) is 0. The predicted molar refractivity (Wildman–Crippen MR) is 197 cm³/mol. The van der Waals surface area contributed by atoms with Gasteiger partial charge in [-0.1, -0.05) is 49.5 Å². The summed E-state index contributed by atoms with van der Waals surface area (Å²) in [5, 5.41) is 2.21. The fraction of sp³-hybridized carbons (Fsp3) is 0.308. The number of ether oxygens (including phenoxy) is 2. The van der Waals surface area contributed by atoms with Crippen LogP contribution in [0.2, 0.25) is 0 Å². The number of allylic oxidation sites excluding steroid dienone is 4. The Morgan fingerprint density at radius 3 is 2.67 bits per heavy atom. The van der Waals surface area contributed by atoms with Gasteiger partial charge in [-0.2, -0.15) is 4.57 Å². The average Bonchev–Trinajstić information content (AvgIpc) is 3.72. The highest BCUT2D eigenvalue weighted by Crippen LogP contribution is 2.44. The van der Waals surface area contributed by atoms with Crippen molar-refractivity contribution < 1.29 is 27.0 Å². The van der Waals surface area contributed by atoms with Crippen molar-refractivity contribution in [3.05, 3.63) is 107 Å². The minimum Gasteiger partial charge on any atom is -0.748 e. The lowest BCUT2D eigenvalue weighted by molar-refractivity contribution is -0.668. The van der Waals surface area contributed by atoms with Gasteiger partial charge in [0.05, 0.1) is 28.4 Å². The van der Waals surface area contributed by atoms with Crippen molar-refractivity contribution in [2.24, 2.45) is 5.41 Å². The molecule has 0 atom stereocenters. The SMILES string of the molecule is CCN1/C(=C/C2=CC(=C\c3sc4cc(OC)c(C)cc4[n+]3CCCS(=O)(=O)[O-])/CC(C)(C)C2)Oc2ccc(-n3ccc4ccccc43)cc21. The topological polar surface area (TPSA) is 87.7 Å². The summed E-state index contributed by atoms with van der Waals surface area (Å²) in [5.74, 6) is 2.07. The number of anilines is 1. The van der Waals surface area contributed by atoms with Gasteiger partial charge in [0.25, 0.3) is 5.01 Å². The Hall–Kier alpha value is -4.38. The van der Waals surface area contributed by atoms with Gasteiger partial charge >= 0.3 is 0 Å². The summed E-state index contributed by atoms with van der Waals surface area (Å²) in [5.41, 5.74) is 7.68. The second-order valence-electron chi connectivity index (χ2n) is 13.7. The molecule has 0 bridgehead atoms. The highest BCUT2D eigenvalue weighted by Gasteiger charge is 2.30. The lowest BCUT2D eigenvalue weighted by Gasteiger charge is -2.30. The summed E-state index contributed by atoms with van der Waals surface area (Å²) >= 11 is 1.64. The molecule has 1 aliphatic heterocycles. The van der Waals surface area contributed by atoms with Crippen LogP contribution >= 0.6 is 11.3 Å². The maximum Gasteiger partial charge on any atom is 0.263 e. The molecule has 254 valence electrons. The molecule has 0 amide bonds. The van der Waals surface area contributed by atoms with Crippen molar-refractivity contribution in [1.29, 1.82) is 0 Å². The van der Waals surface area contributed by atoms with Crippen molar-refractivity contribution >= 4 is 54.3 Å². The van der Waals surface area contributed by atoms with Crippen molar-refractivity contribution in [3.8, 4) is 17.2 Å². The normalized spacial score (nSPS) is 17.6. The first-order chi connectivity index (χ1) is 23.4. The molecule has 1 aliphatic carbocycles. The molecule has 0 fully saturated rings. The van der Waals surface area contributed by atoms with E-state index in [2.05, 4.69) is 114 Å². The van der Waals surface area contributed by atoms with E-state index in [4.69, 9.17) is 9.47 Å². The second-order valence-corrected chi connectivity index (χ2v) is 16.3. The molecular weight excluding hydrogens is 655 g/mol. The molecule has 2 aliphatic rings. The van der Waals surface area contributed by atoms with E-state index >= 15 is 0 Å². The number of fused-ring (bicyclic) bond motifs is 3. The first kappa shape index (κ1) is 33.1. The maximum absolute atomic E-state index is 11.4. The minimum atomic E-state index is -4.30. The highest BCUT2D eigenvalue weighted by molar-refractivity contribution is 7.85. The van der Waals surface area contributed by atoms with Gasteiger partial charge < -0.3 is 23.5 Å². The van der Waals surface area contributed by atoms with Crippen LogP contribution in [0, 0.1) is 12.3 Å². The van der Waals surface area contributed by atoms with Crippen LogP contribution in [0.15, 0.2) is 96.0 Å². The Bertz CT molecular complexity index is 2290. The third kappa shape index (κ3) is 6.77. The first-order valence-electron chi connectivity index (χ1n) is 16.6. The third-order valence-electron chi connectivity index (χ3n) is 9.29. The van der Waals surface area contributed by atoms with Gasteiger partial charge in [0, 0.05) is 54.9 Å². The van der Waals surface area contributed by atoms with Crippen LogP contribution < -0.4 is 18.9 Å². The van der Waals surface area contributed by atoms with E-state index in [-0.39, 0.29) is 11.8 Å². The Morgan fingerprint density at radius 1 is 1.08 bits per heavy atom. The summed E-state index contributed by atoms with van der Waals surface area (Å²) < 4.78 is 51.8. The number of benzene rings is 3. The van der Waals surface area contributed by atoms with Crippen LogP contribution in [0.4, 0.5) is 5.69 Å². The zero-order valence-electron chi connectivity index (χ0n) is 28.5. The van der Waals surface area contributed by atoms with E-state index in [0.29, 0.717) is 6.54 Å².